The summed E-state index contributed by atoms with van der Waals surface area (Å²) < 4.78 is 3.18. The minimum atomic E-state index is 0.0152. The van der Waals surface area contributed by atoms with Gasteiger partial charge in [0.2, 0.25) is 0 Å². The Hall–Kier alpha value is -1.07. The average Bonchev–Trinajstić information content (AvgIpc) is 2.93. The molecule has 0 aliphatic heterocycles. The highest BCUT2D eigenvalue weighted by Gasteiger charge is 2.22. The number of rotatable bonds is 4. The van der Waals surface area contributed by atoms with Gasteiger partial charge in [0.1, 0.15) is 5.69 Å². The number of halogens is 1. The van der Waals surface area contributed by atoms with Crippen molar-refractivity contribution in [3.8, 4) is 0 Å². The number of carbonyl (C=O) groups excluding carboxylic acids is 1. The Labute approximate surface area is 124 Å². The van der Waals surface area contributed by atoms with Crippen LogP contribution in [-0.4, -0.2) is 10.5 Å². The van der Waals surface area contributed by atoms with E-state index in [1.54, 1.807) is 11.3 Å². The third-order valence-electron chi connectivity index (χ3n) is 3.52. The highest BCUT2D eigenvalue weighted by Crippen LogP contribution is 2.32. The van der Waals surface area contributed by atoms with Crippen LogP contribution in [0.25, 0.3) is 0 Å². The van der Waals surface area contributed by atoms with Crippen molar-refractivity contribution < 1.29 is 4.79 Å². The summed E-state index contributed by atoms with van der Waals surface area (Å²) >= 11 is 5.07. The molecule has 0 unspecified atom stereocenters. The molecule has 1 N–H and O–H groups in total. The lowest BCUT2D eigenvalue weighted by Gasteiger charge is -2.28. The Balaban J connectivity index is 1.65. The van der Waals surface area contributed by atoms with Crippen LogP contribution in [-0.2, 0) is 6.54 Å². The molecule has 100 valence electrons. The van der Waals surface area contributed by atoms with Gasteiger partial charge in [-0.25, -0.2) is 0 Å². The Morgan fingerprint density at radius 1 is 1.53 bits per heavy atom. The number of amides is 1. The zero-order valence-corrected chi connectivity index (χ0v) is 12.8. The highest BCUT2D eigenvalue weighted by molar-refractivity contribution is 9.10. The van der Waals surface area contributed by atoms with E-state index in [9.17, 15) is 4.79 Å². The maximum Gasteiger partial charge on any atom is 0.268 e. The third-order valence-corrected chi connectivity index (χ3v) is 5.22. The molecule has 0 spiro atoms. The van der Waals surface area contributed by atoms with Crippen molar-refractivity contribution in [1.82, 2.24) is 9.88 Å². The zero-order chi connectivity index (χ0) is 13.2. The van der Waals surface area contributed by atoms with Gasteiger partial charge in [-0.15, -0.1) is 11.3 Å². The van der Waals surface area contributed by atoms with Gasteiger partial charge in [-0.1, -0.05) is 0 Å². The van der Waals surface area contributed by atoms with Gasteiger partial charge in [-0.2, -0.15) is 0 Å². The standard InChI is InChI=1S/C14H15BrN2OS/c15-10-7-12(19-9-10)8-16-14(18)13-5-2-6-17(13)11-3-1-4-11/h2,5-7,9,11H,1,3-4,8H2,(H,16,18). The summed E-state index contributed by atoms with van der Waals surface area (Å²) in [5, 5.41) is 5.01. The van der Waals surface area contributed by atoms with Crippen LogP contribution in [0.15, 0.2) is 34.2 Å². The highest BCUT2D eigenvalue weighted by atomic mass is 79.9. The van der Waals surface area contributed by atoms with Crippen molar-refractivity contribution in [3.63, 3.8) is 0 Å². The first kappa shape index (κ1) is 12.9. The first-order valence-electron chi connectivity index (χ1n) is 6.42. The molecule has 0 aromatic carbocycles. The van der Waals surface area contributed by atoms with Crippen molar-refractivity contribution >= 4 is 33.2 Å². The quantitative estimate of drug-likeness (QED) is 0.899. The fraction of sp³-hybridized carbons (Fsp3) is 0.357. The monoisotopic (exact) mass is 338 g/mol. The summed E-state index contributed by atoms with van der Waals surface area (Å²) in [5.41, 5.74) is 0.778. The summed E-state index contributed by atoms with van der Waals surface area (Å²) in [4.78, 5) is 13.4. The topological polar surface area (TPSA) is 34.0 Å². The molecular weight excluding hydrogens is 324 g/mol. The number of nitrogens with one attached hydrogen (secondary N) is 1. The molecular formula is C14H15BrN2OS. The van der Waals surface area contributed by atoms with Gasteiger partial charge in [0.25, 0.3) is 5.91 Å². The molecule has 1 amide bonds. The van der Waals surface area contributed by atoms with Crippen molar-refractivity contribution in [1.29, 1.82) is 0 Å². The molecule has 19 heavy (non-hydrogen) atoms. The summed E-state index contributed by atoms with van der Waals surface area (Å²) in [6, 6.07) is 6.41. The Morgan fingerprint density at radius 2 is 2.37 bits per heavy atom. The predicted octanol–water partition coefficient (Wildman–Crippen LogP) is 3.97. The van der Waals surface area contributed by atoms with Crippen LogP contribution in [0.1, 0.15) is 40.7 Å². The van der Waals surface area contributed by atoms with E-state index in [1.165, 1.54) is 19.3 Å². The van der Waals surface area contributed by atoms with Gasteiger partial charge >= 0.3 is 0 Å². The molecule has 5 heteroatoms. The SMILES string of the molecule is O=C(NCc1cc(Br)cs1)c1cccn1C1CCC1. The van der Waals surface area contributed by atoms with Crippen LogP contribution in [0.3, 0.4) is 0 Å². The molecule has 1 saturated carbocycles. The van der Waals surface area contributed by atoms with E-state index in [2.05, 4.69) is 25.8 Å². The van der Waals surface area contributed by atoms with Crippen molar-refractivity contribution in [3.05, 3.63) is 44.8 Å². The second-order valence-corrected chi connectivity index (χ2v) is 6.71. The summed E-state index contributed by atoms with van der Waals surface area (Å²) in [7, 11) is 0. The molecule has 0 bridgehead atoms. The van der Waals surface area contributed by atoms with Gasteiger partial charge in [0.05, 0.1) is 6.54 Å². The molecule has 0 radical (unpaired) electrons. The van der Waals surface area contributed by atoms with Crippen LogP contribution in [0.5, 0.6) is 0 Å². The van der Waals surface area contributed by atoms with Crippen LogP contribution >= 0.6 is 27.3 Å². The third kappa shape index (κ3) is 2.77. The number of nitrogens with zero attached hydrogens (tertiary/aromatic N) is 1. The van der Waals surface area contributed by atoms with Crippen LogP contribution in [0, 0.1) is 0 Å². The number of hydrogen-bond donors (Lipinski definition) is 1. The fourth-order valence-electron chi connectivity index (χ4n) is 2.27. The second-order valence-electron chi connectivity index (χ2n) is 4.80. The van der Waals surface area contributed by atoms with Gasteiger partial charge < -0.3 is 9.88 Å². The van der Waals surface area contributed by atoms with Gasteiger partial charge in [-0.3, -0.25) is 4.79 Å². The maximum atomic E-state index is 12.2. The lowest BCUT2D eigenvalue weighted by atomic mass is 9.93. The predicted molar refractivity (Wildman–Crippen MR) is 80.5 cm³/mol. The molecule has 3 nitrogen and oxygen atoms in total. The zero-order valence-electron chi connectivity index (χ0n) is 10.4. The van der Waals surface area contributed by atoms with Gasteiger partial charge in [0.15, 0.2) is 0 Å². The molecule has 1 aliphatic rings. The fourth-order valence-corrected chi connectivity index (χ4v) is 3.66. The lowest BCUT2D eigenvalue weighted by molar-refractivity contribution is 0.0936. The van der Waals surface area contributed by atoms with Crippen LogP contribution < -0.4 is 5.32 Å². The average molecular weight is 339 g/mol. The molecule has 1 aliphatic carbocycles. The molecule has 1 fully saturated rings. The minimum absolute atomic E-state index is 0.0152. The van der Waals surface area contributed by atoms with Crippen molar-refractivity contribution in [2.24, 2.45) is 0 Å². The van der Waals surface area contributed by atoms with Gasteiger partial charge in [0, 0.05) is 27.0 Å². The maximum absolute atomic E-state index is 12.2. The number of carbonyl (C=O) groups is 1. The Bertz CT molecular complexity index is 586. The second kappa shape index (κ2) is 5.51. The summed E-state index contributed by atoms with van der Waals surface area (Å²) in [6.07, 6.45) is 5.66. The van der Waals surface area contributed by atoms with Crippen molar-refractivity contribution in [2.75, 3.05) is 0 Å². The number of hydrogen-bond acceptors (Lipinski definition) is 2. The van der Waals surface area contributed by atoms with E-state index >= 15 is 0 Å². The molecule has 2 aromatic heterocycles. The van der Waals surface area contributed by atoms with E-state index in [-0.39, 0.29) is 5.91 Å². The number of thiophene rings is 1. The minimum Gasteiger partial charge on any atom is -0.346 e. The van der Waals surface area contributed by atoms with Crippen LogP contribution in [0.2, 0.25) is 0 Å². The van der Waals surface area contributed by atoms with E-state index in [0.29, 0.717) is 12.6 Å². The van der Waals surface area contributed by atoms with E-state index < -0.39 is 0 Å². The summed E-state index contributed by atoms with van der Waals surface area (Å²) in [5.74, 6) is 0.0152. The Morgan fingerprint density at radius 3 is 3.00 bits per heavy atom. The molecule has 0 saturated heterocycles. The van der Waals surface area contributed by atoms with Crippen LogP contribution in [0.4, 0.5) is 0 Å². The molecule has 3 rings (SSSR count). The molecule has 2 heterocycles. The Kier molecular flexibility index (Phi) is 3.75. The number of aromatic nitrogens is 1. The first-order valence-corrected chi connectivity index (χ1v) is 8.09. The molecule has 2 aromatic rings. The normalized spacial score (nSPS) is 15.2. The van der Waals surface area contributed by atoms with E-state index in [0.717, 1.165) is 15.0 Å². The first-order chi connectivity index (χ1) is 9.24. The molecule has 0 atom stereocenters. The van der Waals surface area contributed by atoms with Crippen molar-refractivity contribution in [2.45, 2.75) is 31.8 Å². The summed E-state index contributed by atoms with van der Waals surface area (Å²) in [6.45, 7) is 0.588. The lowest BCUT2D eigenvalue weighted by Crippen LogP contribution is -2.28. The van der Waals surface area contributed by atoms with E-state index in [4.69, 9.17) is 0 Å². The largest absolute Gasteiger partial charge is 0.346 e. The smallest absolute Gasteiger partial charge is 0.268 e. The van der Waals surface area contributed by atoms with Gasteiger partial charge in [-0.05, 0) is 53.4 Å². The van der Waals surface area contributed by atoms with E-state index in [1.807, 2.05) is 29.8 Å².